The summed E-state index contributed by atoms with van der Waals surface area (Å²) in [6.07, 6.45) is 3.75. The van der Waals surface area contributed by atoms with Crippen LogP contribution in [-0.4, -0.2) is 7.11 Å². The summed E-state index contributed by atoms with van der Waals surface area (Å²) in [5.74, 6) is 0. The fourth-order valence-corrected chi connectivity index (χ4v) is 1.30. The number of hydroxylamine groups is 1. The molecule has 13 heavy (non-hydrogen) atoms. The highest BCUT2D eigenvalue weighted by Crippen LogP contribution is 2.09. The Morgan fingerprint density at radius 3 is 2.31 bits per heavy atom. The van der Waals surface area contributed by atoms with Gasteiger partial charge in [0.05, 0.1) is 7.11 Å². The second-order valence-corrected chi connectivity index (χ2v) is 3.08. The standard InChI is InChI=1S/C11H15NO/c1-9-6-10(2)8-11(7-9)4-5-12-13-3/h4-8,12H,1-3H3/b5-4+. The molecule has 2 heteroatoms. The van der Waals surface area contributed by atoms with Crippen LogP contribution in [-0.2, 0) is 4.84 Å². The number of hydrogen-bond donors (Lipinski definition) is 1. The lowest BCUT2D eigenvalue weighted by Crippen LogP contribution is -1.99. The molecule has 1 rings (SSSR count). The van der Waals surface area contributed by atoms with Gasteiger partial charge in [-0.3, -0.25) is 10.3 Å². The Morgan fingerprint density at radius 2 is 1.77 bits per heavy atom. The van der Waals surface area contributed by atoms with E-state index in [1.54, 1.807) is 13.3 Å². The molecule has 0 saturated heterocycles. The van der Waals surface area contributed by atoms with Crippen LogP contribution in [0.15, 0.2) is 24.4 Å². The van der Waals surface area contributed by atoms with Crippen molar-refractivity contribution in [1.82, 2.24) is 5.48 Å². The topological polar surface area (TPSA) is 21.3 Å². The van der Waals surface area contributed by atoms with E-state index < -0.39 is 0 Å². The Morgan fingerprint density at radius 1 is 1.15 bits per heavy atom. The van der Waals surface area contributed by atoms with Gasteiger partial charge in [-0.25, -0.2) is 0 Å². The van der Waals surface area contributed by atoms with Gasteiger partial charge in [0.1, 0.15) is 0 Å². The first-order valence-corrected chi connectivity index (χ1v) is 4.26. The smallest absolute Gasteiger partial charge is 0.0636 e. The van der Waals surface area contributed by atoms with Crippen molar-refractivity contribution in [2.75, 3.05) is 7.11 Å². The maximum absolute atomic E-state index is 4.69. The van der Waals surface area contributed by atoms with Crippen LogP contribution in [0.3, 0.4) is 0 Å². The zero-order valence-corrected chi connectivity index (χ0v) is 8.29. The molecule has 0 aliphatic rings. The van der Waals surface area contributed by atoms with E-state index in [2.05, 4.69) is 42.4 Å². The minimum Gasteiger partial charge on any atom is -0.280 e. The lowest BCUT2D eigenvalue weighted by atomic mass is 10.1. The third-order valence-corrected chi connectivity index (χ3v) is 1.71. The van der Waals surface area contributed by atoms with Gasteiger partial charge in [-0.15, -0.1) is 0 Å². The Kier molecular flexibility index (Phi) is 3.53. The van der Waals surface area contributed by atoms with Crippen LogP contribution in [0.25, 0.3) is 6.08 Å². The van der Waals surface area contributed by atoms with Crippen LogP contribution >= 0.6 is 0 Å². The Hall–Kier alpha value is -1.28. The minimum absolute atomic E-state index is 1.18. The summed E-state index contributed by atoms with van der Waals surface area (Å²) in [4.78, 5) is 4.69. The fraction of sp³-hybridized carbons (Fsp3) is 0.273. The monoisotopic (exact) mass is 177 g/mol. The van der Waals surface area contributed by atoms with Crippen molar-refractivity contribution in [2.45, 2.75) is 13.8 Å². The van der Waals surface area contributed by atoms with Crippen molar-refractivity contribution in [1.29, 1.82) is 0 Å². The average Bonchev–Trinajstić information content (AvgIpc) is 2.03. The third kappa shape index (κ3) is 3.30. The van der Waals surface area contributed by atoms with E-state index in [-0.39, 0.29) is 0 Å². The Bertz CT molecular complexity index is 285. The van der Waals surface area contributed by atoms with Crippen molar-refractivity contribution in [3.8, 4) is 0 Å². The van der Waals surface area contributed by atoms with Crippen LogP contribution in [0.2, 0.25) is 0 Å². The first-order valence-electron chi connectivity index (χ1n) is 4.26. The predicted octanol–water partition coefficient (Wildman–Crippen LogP) is 2.43. The first-order chi connectivity index (χ1) is 6.22. The molecule has 0 bridgehead atoms. The lowest BCUT2D eigenvalue weighted by Gasteiger charge is -1.99. The number of aryl methyl sites for hydroxylation is 2. The zero-order chi connectivity index (χ0) is 9.68. The second kappa shape index (κ2) is 4.67. The van der Waals surface area contributed by atoms with Crippen LogP contribution in [0.1, 0.15) is 16.7 Å². The fourth-order valence-electron chi connectivity index (χ4n) is 1.30. The van der Waals surface area contributed by atoms with Crippen LogP contribution in [0, 0.1) is 13.8 Å². The highest BCUT2D eigenvalue weighted by atomic mass is 16.6. The van der Waals surface area contributed by atoms with Crippen molar-refractivity contribution in [3.05, 3.63) is 41.1 Å². The quantitative estimate of drug-likeness (QED) is 0.716. The highest BCUT2D eigenvalue weighted by molar-refractivity contribution is 5.51. The van der Waals surface area contributed by atoms with Crippen LogP contribution in [0.5, 0.6) is 0 Å². The minimum atomic E-state index is 1.18. The van der Waals surface area contributed by atoms with E-state index in [0.29, 0.717) is 0 Å². The molecule has 0 aliphatic heterocycles. The molecule has 0 spiro atoms. The molecule has 0 atom stereocenters. The molecule has 0 fully saturated rings. The van der Waals surface area contributed by atoms with Gasteiger partial charge in [0.15, 0.2) is 0 Å². The molecule has 0 saturated carbocycles. The normalized spacial score (nSPS) is 10.7. The van der Waals surface area contributed by atoms with Gasteiger partial charge in [0.2, 0.25) is 0 Å². The highest BCUT2D eigenvalue weighted by Gasteiger charge is 1.90. The molecule has 0 heterocycles. The summed E-state index contributed by atoms with van der Waals surface area (Å²) in [5.41, 5.74) is 6.39. The van der Waals surface area contributed by atoms with Gasteiger partial charge >= 0.3 is 0 Å². The molecule has 1 N–H and O–H groups in total. The zero-order valence-electron chi connectivity index (χ0n) is 8.29. The maximum Gasteiger partial charge on any atom is 0.0636 e. The largest absolute Gasteiger partial charge is 0.280 e. The van der Waals surface area contributed by atoms with Gasteiger partial charge in [-0.05, 0) is 25.5 Å². The van der Waals surface area contributed by atoms with Gasteiger partial charge in [0.25, 0.3) is 0 Å². The van der Waals surface area contributed by atoms with Crippen LogP contribution in [0.4, 0.5) is 0 Å². The SMILES string of the molecule is CON/C=C/c1cc(C)cc(C)c1. The van der Waals surface area contributed by atoms with E-state index in [0.717, 1.165) is 0 Å². The van der Waals surface area contributed by atoms with E-state index in [4.69, 9.17) is 0 Å². The number of hydrogen-bond acceptors (Lipinski definition) is 2. The molecule has 0 aliphatic carbocycles. The Labute approximate surface area is 79.2 Å². The summed E-state index contributed by atoms with van der Waals surface area (Å²) < 4.78 is 0. The van der Waals surface area contributed by atoms with Gasteiger partial charge < -0.3 is 0 Å². The summed E-state index contributed by atoms with van der Waals surface area (Å²) in [5, 5.41) is 0. The summed E-state index contributed by atoms with van der Waals surface area (Å²) in [7, 11) is 1.59. The summed E-state index contributed by atoms with van der Waals surface area (Å²) >= 11 is 0. The molecule has 70 valence electrons. The number of rotatable bonds is 3. The number of nitrogens with one attached hydrogen (secondary N) is 1. The number of benzene rings is 1. The van der Waals surface area contributed by atoms with Crippen molar-refractivity contribution in [3.63, 3.8) is 0 Å². The van der Waals surface area contributed by atoms with Gasteiger partial charge in [-0.2, -0.15) is 0 Å². The molecular formula is C11H15NO. The second-order valence-electron chi connectivity index (χ2n) is 3.08. The molecule has 0 amide bonds. The van der Waals surface area contributed by atoms with Gasteiger partial charge in [0, 0.05) is 6.20 Å². The summed E-state index contributed by atoms with van der Waals surface area (Å²) in [6, 6.07) is 6.41. The molecule has 2 nitrogen and oxygen atoms in total. The molecule has 0 aromatic heterocycles. The van der Waals surface area contributed by atoms with Crippen molar-refractivity contribution in [2.24, 2.45) is 0 Å². The van der Waals surface area contributed by atoms with E-state index in [9.17, 15) is 0 Å². The molecule has 1 aromatic rings. The van der Waals surface area contributed by atoms with E-state index in [1.165, 1.54) is 16.7 Å². The predicted molar refractivity (Wildman–Crippen MR) is 55.1 cm³/mol. The first kappa shape index (κ1) is 9.81. The molecule has 1 aromatic carbocycles. The maximum atomic E-state index is 4.69. The van der Waals surface area contributed by atoms with E-state index >= 15 is 0 Å². The van der Waals surface area contributed by atoms with Crippen molar-refractivity contribution < 1.29 is 4.84 Å². The lowest BCUT2D eigenvalue weighted by molar-refractivity contribution is 0.129. The molecular weight excluding hydrogens is 162 g/mol. The third-order valence-electron chi connectivity index (χ3n) is 1.71. The van der Waals surface area contributed by atoms with Crippen molar-refractivity contribution >= 4 is 6.08 Å². The van der Waals surface area contributed by atoms with Crippen LogP contribution < -0.4 is 5.48 Å². The molecule has 0 radical (unpaired) electrons. The molecule has 0 unspecified atom stereocenters. The Balaban J connectivity index is 2.77. The average molecular weight is 177 g/mol. The van der Waals surface area contributed by atoms with Gasteiger partial charge in [-0.1, -0.05) is 29.3 Å². The van der Waals surface area contributed by atoms with E-state index in [1.807, 2.05) is 6.08 Å². The summed E-state index contributed by atoms with van der Waals surface area (Å²) in [6.45, 7) is 4.18.